The highest BCUT2D eigenvalue weighted by molar-refractivity contribution is 8.13. The monoisotopic (exact) mass is 457 g/mol. The first-order chi connectivity index (χ1) is 14.5. The average Bonchev–Trinajstić information content (AvgIpc) is 2.69. The number of carbonyl (C=O) groups excluding carboxylic acids is 3. The Morgan fingerprint density at radius 1 is 1.10 bits per heavy atom. The molecule has 0 amide bonds. The van der Waals surface area contributed by atoms with E-state index in [0.29, 0.717) is 11.4 Å². The smallest absolute Gasteiger partial charge is 0.416 e. The van der Waals surface area contributed by atoms with Crippen LogP contribution in [-0.2, 0) is 30.0 Å². The Balaban J connectivity index is 2.52. The Morgan fingerprint density at radius 2 is 1.71 bits per heavy atom. The molecular formula is C21H22F3NO5S. The molecule has 0 radical (unpaired) electrons. The SMILES string of the molecule is COC(=O)C1=C(C)NC(C)=C(C(=O)OCCSC(C)=O)C1c1cccc(C(F)(F)F)c1. The van der Waals surface area contributed by atoms with Crippen LogP contribution in [0.25, 0.3) is 0 Å². The maximum atomic E-state index is 13.3. The minimum absolute atomic E-state index is 0.00171. The van der Waals surface area contributed by atoms with Gasteiger partial charge in [-0.1, -0.05) is 30.0 Å². The predicted octanol–water partition coefficient (Wildman–Crippen LogP) is 3.94. The first-order valence-electron chi connectivity index (χ1n) is 9.21. The average molecular weight is 457 g/mol. The highest BCUT2D eigenvalue weighted by Crippen LogP contribution is 2.41. The summed E-state index contributed by atoms with van der Waals surface area (Å²) in [6.07, 6.45) is -4.60. The summed E-state index contributed by atoms with van der Waals surface area (Å²) in [4.78, 5) is 36.4. The third-order valence-electron chi connectivity index (χ3n) is 4.55. The first kappa shape index (κ1) is 24.5. The Kier molecular flexibility index (Phi) is 7.94. The molecule has 1 aliphatic rings. The van der Waals surface area contributed by atoms with Crippen molar-refractivity contribution in [1.82, 2.24) is 5.32 Å². The standard InChI is InChI=1S/C21H22F3NO5S/c1-11-16(19(27)29-4)18(14-6-5-7-15(10-14)21(22,23)24)17(12(2)25-11)20(28)30-8-9-31-13(3)26/h5-7,10,18,25H,8-9H2,1-4H3. The minimum Gasteiger partial charge on any atom is -0.466 e. The molecule has 31 heavy (non-hydrogen) atoms. The number of carbonyl (C=O) groups is 3. The van der Waals surface area contributed by atoms with Crippen molar-refractivity contribution in [2.75, 3.05) is 19.5 Å². The summed E-state index contributed by atoms with van der Waals surface area (Å²) in [5.41, 5.74) is -0.100. The van der Waals surface area contributed by atoms with E-state index in [1.54, 1.807) is 13.8 Å². The molecule has 1 N–H and O–H groups in total. The van der Waals surface area contributed by atoms with Crippen molar-refractivity contribution in [3.05, 3.63) is 57.9 Å². The fourth-order valence-electron chi connectivity index (χ4n) is 3.27. The van der Waals surface area contributed by atoms with Gasteiger partial charge in [0.15, 0.2) is 5.12 Å². The molecule has 0 bridgehead atoms. The van der Waals surface area contributed by atoms with Crippen LogP contribution in [0.15, 0.2) is 46.8 Å². The van der Waals surface area contributed by atoms with Crippen LogP contribution in [0.1, 0.15) is 37.8 Å². The van der Waals surface area contributed by atoms with Gasteiger partial charge in [0.2, 0.25) is 0 Å². The third kappa shape index (κ3) is 5.90. The fraction of sp³-hybridized carbons (Fsp3) is 0.381. The number of esters is 2. The molecule has 0 saturated heterocycles. The molecular weight excluding hydrogens is 435 g/mol. The first-order valence-corrected chi connectivity index (χ1v) is 10.2. The number of nitrogens with one attached hydrogen (secondary N) is 1. The number of alkyl halides is 3. The summed E-state index contributed by atoms with van der Waals surface area (Å²) in [6, 6.07) is 4.44. The summed E-state index contributed by atoms with van der Waals surface area (Å²) >= 11 is 0.976. The number of rotatable bonds is 6. The van der Waals surface area contributed by atoms with Gasteiger partial charge in [0.1, 0.15) is 6.61 Å². The molecule has 1 atom stereocenters. The normalized spacial score (nSPS) is 16.7. The lowest BCUT2D eigenvalue weighted by molar-refractivity contribution is -0.139. The number of allylic oxidation sites excluding steroid dienone is 2. The van der Waals surface area contributed by atoms with E-state index in [1.165, 1.54) is 19.1 Å². The van der Waals surface area contributed by atoms with Crippen LogP contribution in [0.5, 0.6) is 0 Å². The highest BCUT2D eigenvalue weighted by Gasteiger charge is 2.39. The second-order valence-electron chi connectivity index (χ2n) is 6.73. The molecule has 0 aromatic heterocycles. The van der Waals surface area contributed by atoms with Gasteiger partial charge in [-0.25, -0.2) is 9.59 Å². The van der Waals surface area contributed by atoms with E-state index in [-0.39, 0.29) is 34.2 Å². The van der Waals surface area contributed by atoms with Crippen LogP contribution in [0.4, 0.5) is 13.2 Å². The van der Waals surface area contributed by atoms with Gasteiger partial charge in [0.05, 0.1) is 29.7 Å². The molecule has 1 aliphatic heterocycles. The number of dihydropyridines is 1. The molecule has 2 rings (SSSR count). The van der Waals surface area contributed by atoms with E-state index < -0.39 is 29.6 Å². The van der Waals surface area contributed by atoms with Gasteiger partial charge in [-0.15, -0.1) is 0 Å². The molecule has 0 aliphatic carbocycles. The number of hydrogen-bond donors (Lipinski definition) is 1. The fourth-order valence-corrected chi connectivity index (χ4v) is 3.72. The van der Waals surface area contributed by atoms with E-state index in [4.69, 9.17) is 9.47 Å². The quantitative estimate of drug-likeness (QED) is 0.512. The van der Waals surface area contributed by atoms with Crippen molar-refractivity contribution in [3.63, 3.8) is 0 Å². The van der Waals surface area contributed by atoms with Crippen molar-refractivity contribution in [2.45, 2.75) is 32.9 Å². The van der Waals surface area contributed by atoms with E-state index in [2.05, 4.69) is 5.32 Å². The molecule has 0 fully saturated rings. The van der Waals surface area contributed by atoms with E-state index in [9.17, 15) is 27.6 Å². The Labute approximate surface area is 181 Å². The largest absolute Gasteiger partial charge is 0.466 e. The zero-order chi connectivity index (χ0) is 23.3. The Hall–Kier alpha value is -2.75. The van der Waals surface area contributed by atoms with Gasteiger partial charge in [0, 0.05) is 24.1 Å². The van der Waals surface area contributed by atoms with Crippen LogP contribution >= 0.6 is 11.8 Å². The number of ether oxygens (including phenoxy) is 2. The molecule has 168 valence electrons. The molecule has 6 nitrogen and oxygen atoms in total. The predicted molar refractivity (Wildman–Crippen MR) is 109 cm³/mol. The van der Waals surface area contributed by atoms with Gasteiger partial charge < -0.3 is 14.8 Å². The van der Waals surface area contributed by atoms with E-state index in [1.807, 2.05) is 0 Å². The topological polar surface area (TPSA) is 81.7 Å². The van der Waals surface area contributed by atoms with Gasteiger partial charge in [0.25, 0.3) is 0 Å². The molecule has 0 spiro atoms. The van der Waals surface area contributed by atoms with Crippen molar-refractivity contribution in [2.24, 2.45) is 0 Å². The molecule has 0 saturated carbocycles. The molecule has 1 unspecified atom stereocenters. The van der Waals surface area contributed by atoms with Crippen molar-refractivity contribution >= 4 is 28.8 Å². The molecule has 1 heterocycles. The number of methoxy groups -OCH3 is 1. The van der Waals surface area contributed by atoms with Crippen LogP contribution in [0.2, 0.25) is 0 Å². The molecule has 10 heteroatoms. The van der Waals surface area contributed by atoms with E-state index >= 15 is 0 Å². The van der Waals surface area contributed by atoms with Crippen LogP contribution in [0.3, 0.4) is 0 Å². The third-order valence-corrected chi connectivity index (χ3v) is 5.33. The Bertz CT molecular complexity index is 953. The minimum atomic E-state index is -4.60. The summed E-state index contributed by atoms with van der Waals surface area (Å²) in [7, 11) is 1.15. The lowest BCUT2D eigenvalue weighted by atomic mass is 9.80. The van der Waals surface area contributed by atoms with Gasteiger partial charge >= 0.3 is 18.1 Å². The number of thioether (sulfide) groups is 1. The summed E-state index contributed by atoms with van der Waals surface area (Å²) in [5, 5.41) is 2.77. The number of halogens is 3. The van der Waals surface area contributed by atoms with Gasteiger partial charge in [-0.3, -0.25) is 4.79 Å². The summed E-state index contributed by atoms with van der Waals surface area (Å²) < 4.78 is 49.9. The van der Waals surface area contributed by atoms with Crippen LogP contribution in [-0.4, -0.2) is 36.5 Å². The number of benzene rings is 1. The highest BCUT2D eigenvalue weighted by atomic mass is 32.2. The Morgan fingerprint density at radius 3 is 2.26 bits per heavy atom. The van der Waals surface area contributed by atoms with Crippen molar-refractivity contribution < 1.29 is 37.0 Å². The second-order valence-corrected chi connectivity index (χ2v) is 8.00. The summed E-state index contributed by atoms with van der Waals surface area (Å²) in [6.45, 7) is 4.44. The van der Waals surface area contributed by atoms with Gasteiger partial charge in [-0.05, 0) is 25.5 Å². The van der Waals surface area contributed by atoms with Crippen molar-refractivity contribution in [3.8, 4) is 0 Å². The maximum absolute atomic E-state index is 13.3. The maximum Gasteiger partial charge on any atom is 0.416 e. The number of hydrogen-bond acceptors (Lipinski definition) is 7. The molecule has 1 aromatic rings. The second kappa shape index (κ2) is 10.0. The van der Waals surface area contributed by atoms with Crippen LogP contribution in [0, 0.1) is 0 Å². The van der Waals surface area contributed by atoms with Crippen molar-refractivity contribution in [1.29, 1.82) is 0 Å². The van der Waals surface area contributed by atoms with Gasteiger partial charge in [-0.2, -0.15) is 13.2 Å². The lowest BCUT2D eigenvalue weighted by Gasteiger charge is -2.30. The molecule has 1 aromatic carbocycles. The van der Waals surface area contributed by atoms with Crippen LogP contribution < -0.4 is 5.32 Å². The summed E-state index contributed by atoms with van der Waals surface area (Å²) in [5.74, 6) is -2.47. The zero-order valence-electron chi connectivity index (χ0n) is 17.4. The zero-order valence-corrected chi connectivity index (χ0v) is 18.2. The van der Waals surface area contributed by atoms with E-state index in [0.717, 1.165) is 31.0 Å². The lowest BCUT2D eigenvalue weighted by Crippen LogP contribution is -2.32.